The molecule has 162 valence electrons. The van der Waals surface area contributed by atoms with Crippen molar-refractivity contribution in [1.29, 1.82) is 0 Å². The highest BCUT2D eigenvalue weighted by atomic mass is 79.9. The molecular formula is C20H6Br8N4. The lowest BCUT2D eigenvalue weighted by Crippen LogP contribution is -1.85. The molecule has 0 unspecified atom stereocenters. The summed E-state index contributed by atoms with van der Waals surface area (Å²) in [4.78, 5) is 16.6. The molecule has 2 aliphatic rings. The lowest BCUT2D eigenvalue weighted by atomic mass is 10.3. The van der Waals surface area contributed by atoms with Crippen LogP contribution in [0.25, 0.3) is 40.0 Å². The fraction of sp³-hybridized carbons (Fsp3) is 0. The summed E-state index contributed by atoms with van der Waals surface area (Å²) in [7, 11) is 0. The molecule has 3 aromatic heterocycles. The zero-order valence-corrected chi connectivity index (χ0v) is 27.9. The number of H-pyrrole nitrogens is 2. The van der Waals surface area contributed by atoms with Crippen LogP contribution >= 0.6 is 127 Å². The maximum atomic E-state index is 4.90. The van der Waals surface area contributed by atoms with Crippen LogP contribution in [0.3, 0.4) is 0 Å². The van der Waals surface area contributed by atoms with Gasteiger partial charge in [0.15, 0.2) is 0 Å². The number of aromatic amines is 2. The van der Waals surface area contributed by atoms with Crippen LogP contribution in [0, 0.1) is 0 Å². The van der Waals surface area contributed by atoms with Crippen molar-refractivity contribution in [3.8, 4) is 0 Å². The molecule has 0 saturated carbocycles. The Morgan fingerprint density at radius 3 is 1.78 bits per heavy atom. The molecule has 5 rings (SSSR count). The third kappa shape index (κ3) is 3.98. The smallest absolute Gasteiger partial charge is 0.0956 e. The van der Waals surface area contributed by atoms with Gasteiger partial charge in [-0.1, -0.05) is 0 Å². The summed E-state index contributed by atoms with van der Waals surface area (Å²) in [6.45, 7) is 0. The van der Waals surface area contributed by atoms with Crippen LogP contribution in [0.1, 0.15) is 22.8 Å². The number of nitrogens with one attached hydrogen (secondary N) is 2. The zero-order chi connectivity index (χ0) is 22.9. The second-order valence-corrected chi connectivity index (χ2v) is 13.1. The molecule has 0 saturated heterocycles. The first-order chi connectivity index (χ1) is 15.2. The number of hydrogen-bond donors (Lipinski definition) is 2. The van der Waals surface area contributed by atoms with Gasteiger partial charge in [-0.25, -0.2) is 9.97 Å². The molecule has 2 N–H and O–H groups in total. The van der Waals surface area contributed by atoms with E-state index in [1.54, 1.807) is 0 Å². The lowest BCUT2D eigenvalue weighted by molar-refractivity contribution is 1.24. The van der Waals surface area contributed by atoms with Gasteiger partial charge >= 0.3 is 0 Å². The maximum absolute atomic E-state index is 4.90. The van der Waals surface area contributed by atoms with Gasteiger partial charge in [-0.2, -0.15) is 0 Å². The highest BCUT2D eigenvalue weighted by Gasteiger charge is 2.26. The van der Waals surface area contributed by atoms with Gasteiger partial charge in [-0.15, -0.1) is 0 Å². The van der Waals surface area contributed by atoms with Gasteiger partial charge in [-0.05, 0) is 152 Å². The Morgan fingerprint density at radius 2 is 1.09 bits per heavy atom. The van der Waals surface area contributed by atoms with E-state index in [0.29, 0.717) is 0 Å². The Morgan fingerprint density at radius 1 is 0.531 bits per heavy atom. The molecule has 0 amide bonds. The highest BCUT2D eigenvalue weighted by molar-refractivity contribution is 9.19. The van der Waals surface area contributed by atoms with Gasteiger partial charge in [0.2, 0.25) is 0 Å². The van der Waals surface area contributed by atoms with Crippen molar-refractivity contribution in [3.63, 3.8) is 0 Å². The normalized spacial score (nSPS) is 14.0. The first kappa shape index (κ1) is 24.1. The van der Waals surface area contributed by atoms with E-state index in [1.165, 1.54) is 0 Å². The lowest BCUT2D eigenvalue weighted by Gasteiger charge is -1.98. The van der Waals surface area contributed by atoms with Gasteiger partial charge < -0.3 is 9.97 Å². The van der Waals surface area contributed by atoms with Gasteiger partial charge in [0.05, 0.1) is 69.6 Å². The van der Waals surface area contributed by atoms with Crippen molar-refractivity contribution < 1.29 is 0 Å². The summed E-state index contributed by atoms with van der Waals surface area (Å²) < 4.78 is 6.71. The van der Waals surface area contributed by atoms with E-state index < -0.39 is 0 Å². The Hall–Kier alpha value is 0.440. The average Bonchev–Trinajstić information content (AvgIpc) is 3.48. The standard InChI is InChI=1S/C20H6Br8N4/c21-9-7-3-5-1-2-6(29-5)4-8-10(22)12(24)18(31-8)16(28)20-14(26)13(25)19(32-20)15(27)17(30-7)11(9)23/h1-4,29-30H. The number of halogens is 8. The van der Waals surface area contributed by atoms with E-state index >= 15 is 0 Å². The third-order valence-electron chi connectivity index (χ3n) is 4.76. The Labute approximate surface area is 249 Å². The van der Waals surface area contributed by atoms with Crippen LogP contribution in [0.4, 0.5) is 0 Å². The minimum absolute atomic E-state index is 0.726. The number of hydrogen-bond acceptors (Lipinski definition) is 2. The summed E-state index contributed by atoms with van der Waals surface area (Å²) in [6, 6.07) is 8.07. The molecule has 8 bridgehead atoms. The van der Waals surface area contributed by atoms with Gasteiger partial charge in [0.25, 0.3) is 0 Å². The largest absolute Gasteiger partial charge is 0.355 e. The molecule has 0 aliphatic carbocycles. The predicted molar refractivity (Wildman–Crippen MR) is 161 cm³/mol. The molecule has 0 spiro atoms. The molecule has 0 aromatic carbocycles. The van der Waals surface area contributed by atoms with Gasteiger partial charge in [-0.3, -0.25) is 0 Å². The quantitative estimate of drug-likeness (QED) is 0.236. The van der Waals surface area contributed by atoms with Crippen LogP contribution in [0.5, 0.6) is 0 Å². The molecule has 4 nitrogen and oxygen atoms in total. The molecule has 0 atom stereocenters. The Bertz CT molecular complexity index is 1560. The van der Waals surface area contributed by atoms with Crippen LogP contribution < -0.4 is 0 Å². The summed E-state index contributed by atoms with van der Waals surface area (Å²) in [6.07, 6.45) is 0. The second-order valence-electron chi connectivity index (χ2n) is 6.74. The van der Waals surface area contributed by atoms with E-state index in [0.717, 1.165) is 80.7 Å². The molecular weight excluding hydrogens is 935 g/mol. The third-order valence-corrected chi connectivity index (χ3v) is 12.6. The first-order valence-electron chi connectivity index (χ1n) is 8.72. The van der Waals surface area contributed by atoms with Crippen molar-refractivity contribution >= 4 is 167 Å². The van der Waals surface area contributed by atoms with Crippen LogP contribution in [-0.4, -0.2) is 19.9 Å². The molecule has 0 radical (unpaired) electrons. The van der Waals surface area contributed by atoms with E-state index in [9.17, 15) is 0 Å². The SMILES string of the molecule is BrC1=C(Br)c2nc1cc1ccc(cc3[nH]c(c(Br)c4nc(c2Br)C(Br)=C4Br)c(Br)c3Br)[nH]1. The minimum atomic E-state index is 0.726. The van der Waals surface area contributed by atoms with Crippen molar-refractivity contribution in [1.82, 2.24) is 19.9 Å². The summed E-state index contributed by atoms with van der Waals surface area (Å²) in [5.41, 5.74) is 6.67. The topological polar surface area (TPSA) is 57.4 Å². The minimum Gasteiger partial charge on any atom is -0.355 e. The number of aromatic nitrogens is 4. The number of fused-ring (bicyclic) bond motifs is 8. The molecule has 12 heteroatoms. The van der Waals surface area contributed by atoms with E-state index in [4.69, 9.17) is 9.97 Å². The van der Waals surface area contributed by atoms with Crippen LogP contribution in [0.2, 0.25) is 0 Å². The fourth-order valence-electron chi connectivity index (χ4n) is 3.24. The summed E-state index contributed by atoms with van der Waals surface area (Å²) in [5, 5.41) is 0. The van der Waals surface area contributed by atoms with Crippen LogP contribution in [-0.2, 0) is 0 Å². The summed E-state index contributed by atoms with van der Waals surface area (Å²) in [5.74, 6) is 0. The van der Waals surface area contributed by atoms with E-state index in [2.05, 4.69) is 137 Å². The van der Waals surface area contributed by atoms with Crippen molar-refractivity contribution in [2.45, 2.75) is 0 Å². The maximum Gasteiger partial charge on any atom is 0.0956 e. The molecule has 32 heavy (non-hydrogen) atoms. The Kier molecular flexibility index (Phi) is 6.90. The molecule has 5 heterocycles. The monoisotopic (exact) mass is 933 g/mol. The average molecular weight is 942 g/mol. The number of nitrogens with zero attached hydrogens (tertiary/aromatic N) is 2. The summed E-state index contributed by atoms with van der Waals surface area (Å²) >= 11 is 29.6. The number of rotatable bonds is 0. The van der Waals surface area contributed by atoms with Crippen molar-refractivity contribution in [2.24, 2.45) is 0 Å². The van der Waals surface area contributed by atoms with Gasteiger partial charge in [0.1, 0.15) is 0 Å². The predicted octanol–water partition coefficient (Wildman–Crippen LogP) is 10.6. The van der Waals surface area contributed by atoms with Crippen molar-refractivity contribution in [2.75, 3.05) is 0 Å². The highest BCUT2D eigenvalue weighted by Crippen LogP contribution is 2.48. The van der Waals surface area contributed by atoms with Crippen molar-refractivity contribution in [3.05, 3.63) is 64.9 Å². The van der Waals surface area contributed by atoms with E-state index in [1.807, 2.05) is 24.3 Å². The molecule has 3 aromatic rings. The Balaban J connectivity index is 2.03. The zero-order valence-electron chi connectivity index (χ0n) is 15.2. The first-order valence-corrected chi connectivity index (χ1v) is 15.1. The van der Waals surface area contributed by atoms with E-state index in [-0.39, 0.29) is 0 Å². The molecule has 2 aliphatic heterocycles. The second kappa shape index (κ2) is 9.15. The fourth-order valence-corrected chi connectivity index (χ4v) is 8.21. The van der Waals surface area contributed by atoms with Crippen LogP contribution in [0.15, 0.2) is 42.2 Å². The molecule has 0 fully saturated rings. The van der Waals surface area contributed by atoms with Gasteiger partial charge in [0, 0.05) is 11.0 Å².